The molecule has 0 aliphatic rings. The van der Waals surface area contributed by atoms with E-state index < -0.39 is 10.0 Å². The first kappa shape index (κ1) is 22.6. The minimum absolute atomic E-state index is 0.143. The summed E-state index contributed by atoms with van der Waals surface area (Å²) in [7, 11) is 2.56. The summed E-state index contributed by atoms with van der Waals surface area (Å²) in [5.74, 6) is 1.03. The summed E-state index contributed by atoms with van der Waals surface area (Å²) in [4.78, 5) is 16.9. The molecule has 0 aliphatic carbocycles. The highest BCUT2D eigenvalue weighted by atomic mass is 32.2. The average Bonchev–Trinajstić information content (AvgIpc) is 3.15. The molecular formula is C21H26N4O5S. The van der Waals surface area contributed by atoms with E-state index in [0.717, 1.165) is 5.52 Å². The molecule has 0 spiro atoms. The first-order valence-electron chi connectivity index (χ1n) is 9.65. The fourth-order valence-electron chi connectivity index (χ4n) is 3.13. The van der Waals surface area contributed by atoms with Crippen LogP contribution in [0.4, 0.5) is 5.69 Å². The normalized spacial score (nSPS) is 11.6. The van der Waals surface area contributed by atoms with Crippen LogP contribution in [-0.2, 0) is 21.4 Å². The monoisotopic (exact) mass is 446 g/mol. The van der Waals surface area contributed by atoms with Crippen molar-refractivity contribution in [1.29, 1.82) is 0 Å². The summed E-state index contributed by atoms with van der Waals surface area (Å²) in [6.45, 7) is 0.568. The molecular weight excluding hydrogens is 420 g/mol. The molecule has 0 aliphatic heterocycles. The standard InChI is InChI=1S/C21H26N4O5S/c1-24(2)31(27,28)16-8-9-19-17(13-16)22-14-25(19)11-5-6-21(26)23-18-12-15(29-3)7-10-20(18)30-4/h7-10,12-14H,5-6,11H2,1-4H3,(H,23,26). The minimum atomic E-state index is -3.52. The molecule has 166 valence electrons. The van der Waals surface area contributed by atoms with Crippen molar-refractivity contribution in [3.63, 3.8) is 0 Å². The van der Waals surface area contributed by atoms with E-state index in [1.807, 2.05) is 4.57 Å². The number of fused-ring (bicyclic) bond motifs is 1. The topological polar surface area (TPSA) is 103 Å². The number of nitrogens with zero attached hydrogens (tertiary/aromatic N) is 3. The largest absolute Gasteiger partial charge is 0.497 e. The number of hydrogen-bond acceptors (Lipinski definition) is 6. The number of carbonyl (C=O) groups excluding carboxylic acids is 1. The van der Waals surface area contributed by atoms with Crippen molar-refractivity contribution in [3.8, 4) is 11.5 Å². The molecule has 0 saturated carbocycles. The molecule has 10 heteroatoms. The van der Waals surface area contributed by atoms with E-state index in [0.29, 0.717) is 42.1 Å². The number of sulfonamides is 1. The second-order valence-electron chi connectivity index (χ2n) is 7.09. The number of nitrogens with one attached hydrogen (secondary N) is 1. The quantitative estimate of drug-likeness (QED) is 0.542. The van der Waals surface area contributed by atoms with E-state index in [-0.39, 0.29) is 10.8 Å². The molecule has 0 radical (unpaired) electrons. The number of aromatic nitrogens is 2. The van der Waals surface area contributed by atoms with Gasteiger partial charge in [-0.3, -0.25) is 4.79 Å². The zero-order chi connectivity index (χ0) is 22.6. The highest BCUT2D eigenvalue weighted by Gasteiger charge is 2.18. The maximum Gasteiger partial charge on any atom is 0.242 e. The Hall–Kier alpha value is -3.11. The Balaban J connectivity index is 1.64. The smallest absolute Gasteiger partial charge is 0.242 e. The highest BCUT2D eigenvalue weighted by molar-refractivity contribution is 7.89. The second-order valence-corrected chi connectivity index (χ2v) is 9.25. The van der Waals surface area contributed by atoms with Gasteiger partial charge in [0.1, 0.15) is 11.5 Å². The second kappa shape index (κ2) is 9.36. The summed E-state index contributed by atoms with van der Waals surface area (Å²) >= 11 is 0. The lowest BCUT2D eigenvalue weighted by Crippen LogP contribution is -2.22. The number of amides is 1. The summed E-state index contributed by atoms with van der Waals surface area (Å²) in [5.41, 5.74) is 1.95. The molecule has 3 aromatic rings. The summed E-state index contributed by atoms with van der Waals surface area (Å²) in [6.07, 6.45) is 2.54. The molecule has 0 atom stereocenters. The predicted molar refractivity (Wildman–Crippen MR) is 118 cm³/mol. The van der Waals surface area contributed by atoms with Gasteiger partial charge in [-0.15, -0.1) is 0 Å². The summed E-state index contributed by atoms with van der Waals surface area (Å²) < 4.78 is 38.1. The molecule has 0 unspecified atom stereocenters. The van der Waals surface area contributed by atoms with Gasteiger partial charge < -0.3 is 19.4 Å². The van der Waals surface area contributed by atoms with Crippen molar-refractivity contribution in [3.05, 3.63) is 42.7 Å². The van der Waals surface area contributed by atoms with Crippen LogP contribution in [0.15, 0.2) is 47.6 Å². The van der Waals surface area contributed by atoms with Crippen LogP contribution in [0.2, 0.25) is 0 Å². The SMILES string of the molecule is COc1ccc(OC)c(NC(=O)CCCn2cnc3cc(S(=O)(=O)N(C)C)ccc32)c1. The van der Waals surface area contributed by atoms with Gasteiger partial charge in [0.2, 0.25) is 15.9 Å². The third-order valence-electron chi connectivity index (χ3n) is 4.85. The van der Waals surface area contributed by atoms with E-state index in [4.69, 9.17) is 9.47 Å². The number of imidazole rings is 1. The van der Waals surface area contributed by atoms with Gasteiger partial charge in [0.05, 0.1) is 42.2 Å². The zero-order valence-electron chi connectivity index (χ0n) is 18.0. The fraction of sp³-hybridized carbons (Fsp3) is 0.333. The lowest BCUT2D eigenvalue weighted by atomic mass is 10.2. The Kier molecular flexibility index (Phi) is 6.81. The zero-order valence-corrected chi connectivity index (χ0v) is 18.8. The Labute approximate surface area is 181 Å². The first-order chi connectivity index (χ1) is 14.8. The molecule has 9 nitrogen and oxygen atoms in total. The van der Waals surface area contributed by atoms with Gasteiger partial charge in [0.15, 0.2) is 0 Å². The van der Waals surface area contributed by atoms with Crippen molar-refractivity contribution in [2.24, 2.45) is 0 Å². The fourth-order valence-corrected chi connectivity index (χ4v) is 4.05. The van der Waals surface area contributed by atoms with Crippen LogP contribution in [0.5, 0.6) is 11.5 Å². The molecule has 0 fully saturated rings. The van der Waals surface area contributed by atoms with Gasteiger partial charge in [0, 0.05) is 33.1 Å². The van der Waals surface area contributed by atoms with Gasteiger partial charge in [-0.05, 0) is 36.8 Å². The number of ether oxygens (including phenoxy) is 2. The number of rotatable bonds is 9. The van der Waals surface area contributed by atoms with Crippen molar-refractivity contribution in [1.82, 2.24) is 13.9 Å². The Morgan fingerprint density at radius 1 is 1.13 bits per heavy atom. The average molecular weight is 447 g/mol. The van der Waals surface area contributed by atoms with Gasteiger partial charge in [-0.1, -0.05) is 0 Å². The molecule has 1 N–H and O–H groups in total. The number of carbonyl (C=O) groups is 1. The number of anilines is 1. The van der Waals surface area contributed by atoms with Crippen molar-refractivity contribution in [2.45, 2.75) is 24.3 Å². The molecule has 3 rings (SSSR count). The predicted octanol–water partition coefficient (Wildman–Crippen LogP) is 2.72. The number of benzene rings is 2. The highest BCUT2D eigenvalue weighted by Crippen LogP contribution is 2.29. The molecule has 1 heterocycles. The van der Waals surface area contributed by atoms with Gasteiger partial charge in [-0.2, -0.15) is 0 Å². The minimum Gasteiger partial charge on any atom is -0.497 e. The maximum atomic E-state index is 12.4. The number of aryl methyl sites for hydroxylation is 1. The van der Waals surface area contributed by atoms with Crippen LogP contribution in [0, 0.1) is 0 Å². The number of hydrogen-bond donors (Lipinski definition) is 1. The van der Waals surface area contributed by atoms with Crippen molar-refractivity contribution < 1.29 is 22.7 Å². The lowest BCUT2D eigenvalue weighted by molar-refractivity contribution is -0.116. The van der Waals surface area contributed by atoms with Crippen molar-refractivity contribution in [2.75, 3.05) is 33.6 Å². The van der Waals surface area contributed by atoms with Crippen LogP contribution in [0.3, 0.4) is 0 Å². The van der Waals surface area contributed by atoms with Crippen LogP contribution in [-0.4, -0.2) is 56.5 Å². The number of methoxy groups -OCH3 is 2. The van der Waals surface area contributed by atoms with E-state index in [1.165, 1.54) is 25.5 Å². The van der Waals surface area contributed by atoms with Crippen LogP contribution >= 0.6 is 0 Å². The van der Waals surface area contributed by atoms with Gasteiger partial charge >= 0.3 is 0 Å². The van der Waals surface area contributed by atoms with E-state index in [2.05, 4.69) is 10.3 Å². The van der Waals surface area contributed by atoms with E-state index in [9.17, 15) is 13.2 Å². The molecule has 1 aromatic heterocycles. The Morgan fingerprint density at radius 2 is 1.90 bits per heavy atom. The Morgan fingerprint density at radius 3 is 2.58 bits per heavy atom. The van der Waals surface area contributed by atoms with E-state index in [1.54, 1.807) is 49.8 Å². The summed E-state index contributed by atoms with van der Waals surface area (Å²) in [5, 5.41) is 2.85. The molecule has 0 bridgehead atoms. The van der Waals surface area contributed by atoms with Gasteiger partial charge in [0.25, 0.3) is 0 Å². The van der Waals surface area contributed by atoms with Gasteiger partial charge in [-0.25, -0.2) is 17.7 Å². The molecule has 0 saturated heterocycles. The maximum absolute atomic E-state index is 12.4. The van der Waals surface area contributed by atoms with Crippen LogP contribution in [0.25, 0.3) is 11.0 Å². The van der Waals surface area contributed by atoms with Crippen LogP contribution in [0.1, 0.15) is 12.8 Å². The molecule has 1 amide bonds. The summed E-state index contributed by atoms with van der Waals surface area (Å²) in [6, 6.07) is 10.1. The van der Waals surface area contributed by atoms with Crippen LogP contribution < -0.4 is 14.8 Å². The van der Waals surface area contributed by atoms with E-state index >= 15 is 0 Å². The van der Waals surface area contributed by atoms with Crippen molar-refractivity contribution >= 4 is 32.7 Å². The third kappa shape index (κ3) is 4.97. The molecule has 2 aromatic carbocycles. The Bertz CT molecular complexity index is 1190. The lowest BCUT2D eigenvalue weighted by Gasteiger charge is -2.12. The first-order valence-corrected chi connectivity index (χ1v) is 11.1. The third-order valence-corrected chi connectivity index (χ3v) is 6.67. The molecule has 31 heavy (non-hydrogen) atoms.